The van der Waals surface area contributed by atoms with E-state index in [2.05, 4.69) is 20.8 Å². The van der Waals surface area contributed by atoms with Crippen LogP contribution in [0, 0.1) is 0 Å². The second-order valence-electron chi connectivity index (χ2n) is 7.97. The molecule has 1 heterocycles. The minimum atomic E-state index is -0.413. The summed E-state index contributed by atoms with van der Waals surface area (Å²) in [4.78, 5) is 39.6. The van der Waals surface area contributed by atoms with Gasteiger partial charge < -0.3 is 4.84 Å². The van der Waals surface area contributed by atoms with Crippen molar-refractivity contribution in [1.29, 1.82) is 0 Å². The Balaban J connectivity index is 1.91. The van der Waals surface area contributed by atoms with Crippen molar-refractivity contribution in [3.63, 3.8) is 0 Å². The van der Waals surface area contributed by atoms with E-state index in [0.717, 1.165) is 24.3 Å². The van der Waals surface area contributed by atoms with E-state index >= 15 is 0 Å². The van der Waals surface area contributed by atoms with Crippen LogP contribution in [0.3, 0.4) is 0 Å². The van der Waals surface area contributed by atoms with Crippen molar-refractivity contribution in [2.45, 2.75) is 96.1 Å². The summed E-state index contributed by atoms with van der Waals surface area (Å²) in [6.45, 7) is 6.69. The number of ketones is 1. The number of piperidine rings is 1. The first kappa shape index (κ1) is 23.0. The van der Waals surface area contributed by atoms with Gasteiger partial charge in [0.2, 0.25) is 0 Å². The summed E-state index contributed by atoms with van der Waals surface area (Å²) in [7, 11) is 0. The van der Waals surface area contributed by atoms with Gasteiger partial charge in [-0.15, -0.1) is 0 Å². The molecule has 0 aromatic heterocycles. The molecular formula is C20H35NO4S. The van der Waals surface area contributed by atoms with Crippen LogP contribution in [0.25, 0.3) is 0 Å². The minimum absolute atomic E-state index is 0.0607. The standard InChI is InChI=1S/C20H35NO4S/c1-20(2,3)26-15-11-9-7-5-4-6-8-10-12-19(24)25-21-16-17(22)13-14-18(21)23/h4-16H2,1-3H3. The van der Waals surface area contributed by atoms with E-state index in [1.54, 1.807) is 0 Å². The van der Waals surface area contributed by atoms with Gasteiger partial charge in [0.15, 0.2) is 5.78 Å². The Morgan fingerprint density at radius 1 is 0.962 bits per heavy atom. The van der Waals surface area contributed by atoms with E-state index in [9.17, 15) is 14.4 Å². The monoisotopic (exact) mass is 385 g/mol. The Morgan fingerprint density at radius 2 is 1.54 bits per heavy atom. The molecule has 0 spiro atoms. The zero-order valence-corrected chi connectivity index (χ0v) is 17.5. The third-order valence-electron chi connectivity index (χ3n) is 4.24. The number of carbonyl (C=O) groups is 3. The zero-order valence-electron chi connectivity index (χ0n) is 16.7. The van der Waals surface area contributed by atoms with Crippen molar-refractivity contribution in [2.24, 2.45) is 0 Å². The zero-order chi connectivity index (χ0) is 19.4. The molecule has 26 heavy (non-hydrogen) atoms. The van der Waals surface area contributed by atoms with E-state index in [1.807, 2.05) is 11.8 Å². The van der Waals surface area contributed by atoms with E-state index in [1.165, 1.54) is 37.9 Å². The van der Waals surface area contributed by atoms with Gasteiger partial charge in [-0.1, -0.05) is 59.3 Å². The molecular weight excluding hydrogens is 350 g/mol. The third kappa shape index (κ3) is 11.6. The quantitative estimate of drug-likeness (QED) is 0.456. The van der Waals surface area contributed by atoms with E-state index in [-0.39, 0.29) is 31.1 Å². The van der Waals surface area contributed by atoms with Crippen LogP contribution >= 0.6 is 11.8 Å². The van der Waals surface area contributed by atoms with E-state index in [0.29, 0.717) is 11.2 Å². The highest BCUT2D eigenvalue weighted by Gasteiger charge is 2.26. The Hall–Kier alpha value is -1.04. The Labute approximate surface area is 162 Å². The van der Waals surface area contributed by atoms with Crippen molar-refractivity contribution in [3.05, 3.63) is 0 Å². The maximum absolute atomic E-state index is 11.7. The SMILES string of the molecule is CC(C)(C)SCCCCCCCCCCC(=O)ON1CC(=O)CCC1=O. The van der Waals surface area contributed by atoms with Gasteiger partial charge in [0.05, 0.1) is 0 Å². The van der Waals surface area contributed by atoms with Gasteiger partial charge in [0.1, 0.15) is 6.54 Å². The highest BCUT2D eigenvalue weighted by Crippen LogP contribution is 2.24. The Kier molecular flexibility index (Phi) is 10.9. The molecule has 1 aliphatic rings. The number of hydrogen-bond donors (Lipinski definition) is 0. The number of thioether (sulfide) groups is 1. The van der Waals surface area contributed by atoms with Gasteiger partial charge in [-0.05, 0) is 18.6 Å². The predicted octanol–water partition coefficient (Wildman–Crippen LogP) is 4.68. The molecule has 6 heteroatoms. The molecule has 0 saturated carbocycles. The normalized spacial score (nSPS) is 15.4. The first-order valence-corrected chi connectivity index (χ1v) is 10.9. The molecule has 1 aliphatic heterocycles. The average Bonchev–Trinajstić information content (AvgIpc) is 2.55. The number of Topliss-reactive ketones (excluding diaryl/α,β-unsaturated/α-hetero) is 1. The van der Waals surface area contributed by atoms with E-state index < -0.39 is 5.97 Å². The van der Waals surface area contributed by atoms with Crippen LogP contribution < -0.4 is 0 Å². The molecule has 0 unspecified atom stereocenters. The number of rotatable bonds is 12. The van der Waals surface area contributed by atoms with Gasteiger partial charge in [-0.25, -0.2) is 4.79 Å². The van der Waals surface area contributed by atoms with Crippen molar-refractivity contribution in [2.75, 3.05) is 12.3 Å². The summed E-state index contributed by atoms with van der Waals surface area (Å²) in [5.41, 5.74) is 0. The molecule has 0 aromatic rings. The molecule has 150 valence electrons. The molecule has 1 fully saturated rings. The fourth-order valence-corrected chi connectivity index (χ4v) is 3.72. The lowest BCUT2D eigenvalue weighted by Gasteiger charge is -2.23. The smallest absolute Gasteiger partial charge is 0.332 e. The molecule has 0 aromatic carbocycles. The summed E-state index contributed by atoms with van der Waals surface area (Å²) in [6.07, 6.45) is 9.96. The van der Waals surface area contributed by atoms with Crippen LogP contribution in [-0.4, -0.2) is 39.8 Å². The largest absolute Gasteiger partial charge is 0.338 e. The molecule has 1 rings (SSSR count). The summed E-state index contributed by atoms with van der Waals surface area (Å²) in [6, 6.07) is 0. The summed E-state index contributed by atoms with van der Waals surface area (Å²) in [5, 5.41) is 0.923. The molecule has 1 amide bonds. The molecule has 0 aliphatic carbocycles. The Bertz CT molecular complexity index is 459. The van der Waals surface area contributed by atoms with Crippen LogP contribution in [0.4, 0.5) is 0 Å². The van der Waals surface area contributed by atoms with Gasteiger partial charge in [0, 0.05) is 24.0 Å². The number of unbranched alkanes of at least 4 members (excludes halogenated alkanes) is 7. The third-order valence-corrected chi connectivity index (χ3v) is 5.60. The van der Waals surface area contributed by atoms with Crippen molar-refractivity contribution < 1.29 is 19.2 Å². The van der Waals surface area contributed by atoms with Crippen molar-refractivity contribution >= 4 is 29.4 Å². The minimum Gasteiger partial charge on any atom is -0.338 e. The fourth-order valence-electron chi connectivity index (χ4n) is 2.76. The summed E-state index contributed by atoms with van der Waals surface area (Å²) >= 11 is 2.04. The lowest BCUT2D eigenvalue weighted by molar-refractivity contribution is -0.201. The number of hydroxylamine groups is 2. The molecule has 1 saturated heterocycles. The Morgan fingerprint density at radius 3 is 2.15 bits per heavy atom. The summed E-state index contributed by atoms with van der Waals surface area (Å²) in [5.74, 6) is 0.495. The highest BCUT2D eigenvalue weighted by molar-refractivity contribution is 8.00. The highest BCUT2D eigenvalue weighted by atomic mass is 32.2. The number of nitrogens with zero attached hydrogens (tertiary/aromatic N) is 1. The summed E-state index contributed by atoms with van der Waals surface area (Å²) < 4.78 is 0.373. The first-order valence-electron chi connectivity index (χ1n) is 9.95. The molecule has 0 atom stereocenters. The molecule has 0 radical (unpaired) electrons. The van der Waals surface area contributed by atoms with Gasteiger partial charge >= 0.3 is 5.97 Å². The lowest BCUT2D eigenvalue weighted by Crippen LogP contribution is -2.41. The number of carbonyl (C=O) groups excluding carboxylic acids is 3. The molecule has 5 nitrogen and oxygen atoms in total. The van der Waals surface area contributed by atoms with Crippen LogP contribution in [0.15, 0.2) is 0 Å². The van der Waals surface area contributed by atoms with Gasteiger partial charge in [-0.2, -0.15) is 16.8 Å². The van der Waals surface area contributed by atoms with Crippen molar-refractivity contribution in [3.8, 4) is 0 Å². The van der Waals surface area contributed by atoms with Crippen LogP contribution in [-0.2, 0) is 19.2 Å². The second kappa shape index (κ2) is 12.4. The predicted molar refractivity (Wildman–Crippen MR) is 106 cm³/mol. The fraction of sp³-hybridized carbons (Fsp3) is 0.850. The number of hydrogen-bond acceptors (Lipinski definition) is 5. The van der Waals surface area contributed by atoms with Crippen LogP contribution in [0.2, 0.25) is 0 Å². The van der Waals surface area contributed by atoms with Gasteiger partial charge in [-0.3, -0.25) is 9.59 Å². The van der Waals surface area contributed by atoms with Crippen LogP contribution in [0.5, 0.6) is 0 Å². The lowest BCUT2D eigenvalue weighted by atomic mass is 10.1. The van der Waals surface area contributed by atoms with Gasteiger partial charge in [0.25, 0.3) is 5.91 Å². The average molecular weight is 386 g/mol. The topological polar surface area (TPSA) is 63.7 Å². The molecule has 0 N–H and O–H groups in total. The second-order valence-corrected chi connectivity index (χ2v) is 9.89. The van der Waals surface area contributed by atoms with Crippen molar-refractivity contribution in [1.82, 2.24) is 5.06 Å². The maximum atomic E-state index is 11.7. The first-order chi connectivity index (χ1) is 12.3. The van der Waals surface area contributed by atoms with Crippen LogP contribution in [0.1, 0.15) is 91.4 Å². The van der Waals surface area contributed by atoms with E-state index in [4.69, 9.17) is 4.84 Å². The maximum Gasteiger partial charge on any atom is 0.332 e. The molecule has 0 bridgehead atoms. The number of amides is 1.